The van der Waals surface area contributed by atoms with Crippen molar-refractivity contribution in [1.29, 1.82) is 0 Å². The fourth-order valence-corrected chi connectivity index (χ4v) is 3.31. The smallest absolute Gasteiger partial charge is 0.232 e. The molecular formula is C13H19N3O3S. The van der Waals surface area contributed by atoms with Crippen molar-refractivity contribution in [2.24, 2.45) is 5.73 Å². The van der Waals surface area contributed by atoms with E-state index in [1.165, 1.54) is 10.6 Å². The molecule has 0 saturated carbocycles. The summed E-state index contributed by atoms with van der Waals surface area (Å²) in [6.07, 6.45) is 3.09. The quantitative estimate of drug-likeness (QED) is 0.855. The number of sulfonamides is 1. The highest BCUT2D eigenvalue weighted by Crippen LogP contribution is 2.31. The Morgan fingerprint density at radius 1 is 1.45 bits per heavy atom. The summed E-state index contributed by atoms with van der Waals surface area (Å²) >= 11 is 0. The van der Waals surface area contributed by atoms with Gasteiger partial charge in [0.25, 0.3) is 0 Å². The molecule has 0 aliphatic carbocycles. The van der Waals surface area contributed by atoms with E-state index in [9.17, 15) is 13.2 Å². The zero-order valence-electron chi connectivity index (χ0n) is 11.4. The highest BCUT2D eigenvalue weighted by atomic mass is 32.2. The summed E-state index contributed by atoms with van der Waals surface area (Å²) < 4.78 is 25.0. The van der Waals surface area contributed by atoms with Crippen molar-refractivity contribution >= 4 is 27.3 Å². The summed E-state index contributed by atoms with van der Waals surface area (Å²) in [6.45, 7) is 0.762. The molecule has 0 bridgehead atoms. The fourth-order valence-electron chi connectivity index (χ4n) is 2.32. The second-order valence-electron chi connectivity index (χ2n) is 4.87. The Morgan fingerprint density at radius 3 is 2.85 bits per heavy atom. The Morgan fingerprint density at radius 2 is 2.20 bits per heavy atom. The van der Waals surface area contributed by atoms with Gasteiger partial charge < -0.3 is 11.1 Å². The van der Waals surface area contributed by atoms with Gasteiger partial charge in [-0.05, 0) is 30.5 Å². The largest absolute Gasteiger partial charge is 0.330 e. The maximum atomic E-state index is 11.8. The molecule has 0 radical (unpaired) electrons. The first kappa shape index (κ1) is 14.8. The van der Waals surface area contributed by atoms with Crippen LogP contribution in [0.5, 0.6) is 0 Å². The Hall–Kier alpha value is -1.60. The van der Waals surface area contributed by atoms with Gasteiger partial charge in [-0.1, -0.05) is 6.07 Å². The molecule has 1 amide bonds. The molecular weight excluding hydrogens is 278 g/mol. The molecule has 1 aliphatic rings. The van der Waals surface area contributed by atoms with Crippen LogP contribution in [0.2, 0.25) is 0 Å². The molecule has 0 saturated heterocycles. The molecule has 0 fully saturated rings. The summed E-state index contributed by atoms with van der Waals surface area (Å²) in [6, 6.07) is 5.37. The summed E-state index contributed by atoms with van der Waals surface area (Å²) in [4.78, 5) is 11.5. The molecule has 0 aromatic heterocycles. The van der Waals surface area contributed by atoms with Crippen LogP contribution >= 0.6 is 0 Å². The number of carbonyl (C=O) groups is 1. The SMILES string of the molecule is CS(=O)(=O)N1CCCc2ccc(NC(=O)CCN)cc21. The number of nitrogens with zero attached hydrogens (tertiary/aromatic N) is 1. The molecule has 20 heavy (non-hydrogen) atoms. The highest BCUT2D eigenvalue weighted by molar-refractivity contribution is 7.92. The average Bonchev–Trinajstić information content (AvgIpc) is 2.37. The minimum absolute atomic E-state index is 0.172. The van der Waals surface area contributed by atoms with E-state index in [0.29, 0.717) is 17.9 Å². The van der Waals surface area contributed by atoms with Gasteiger partial charge >= 0.3 is 0 Å². The Labute approximate surface area is 119 Å². The maximum Gasteiger partial charge on any atom is 0.232 e. The Kier molecular flexibility index (Phi) is 4.29. The number of nitrogens with two attached hydrogens (primary N) is 1. The van der Waals surface area contributed by atoms with E-state index < -0.39 is 10.0 Å². The van der Waals surface area contributed by atoms with Gasteiger partial charge in [-0.15, -0.1) is 0 Å². The lowest BCUT2D eigenvalue weighted by Gasteiger charge is -2.29. The summed E-state index contributed by atoms with van der Waals surface area (Å²) in [7, 11) is -3.29. The van der Waals surface area contributed by atoms with Crippen molar-refractivity contribution < 1.29 is 13.2 Å². The number of benzene rings is 1. The molecule has 0 spiro atoms. The van der Waals surface area contributed by atoms with Crippen molar-refractivity contribution in [3.63, 3.8) is 0 Å². The fraction of sp³-hybridized carbons (Fsp3) is 0.462. The molecule has 110 valence electrons. The third-order valence-electron chi connectivity index (χ3n) is 3.22. The number of amides is 1. The molecule has 1 aromatic rings. The molecule has 1 aromatic carbocycles. The van der Waals surface area contributed by atoms with Crippen molar-refractivity contribution in [2.45, 2.75) is 19.3 Å². The zero-order valence-corrected chi connectivity index (χ0v) is 12.2. The minimum atomic E-state index is -3.29. The molecule has 3 N–H and O–H groups in total. The second kappa shape index (κ2) is 5.80. The van der Waals surface area contributed by atoms with E-state index in [1.807, 2.05) is 6.07 Å². The molecule has 2 rings (SSSR count). The first-order valence-corrected chi connectivity index (χ1v) is 8.37. The van der Waals surface area contributed by atoms with Gasteiger partial charge in [0.05, 0.1) is 11.9 Å². The Balaban J connectivity index is 2.31. The lowest BCUT2D eigenvalue weighted by Crippen LogP contribution is -2.34. The standard InChI is InChI=1S/C13H19N3O3S/c1-20(18,19)16-8-2-3-10-4-5-11(9-12(10)16)15-13(17)6-7-14/h4-5,9H,2-3,6-8,14H2,1H3,(H,15,17). The number of rotatable bonds is 4. The lowest BCUT2D eigenvalue weighted by molar-refractivity contribution is -0.116. The van der Waals surface area contributed by atoms with Crippen LogP contribution in [0, 0.1) is 0 Å². The first-order chi connectivity index (χ1) is 9.41. The van der Waals surface area contributed by atoms with Crippen molar-refractivity contribution in [3.8, 4) is 0 Å². The normalized spacial score (nSPS) is 14.8. The molecule has 0 unspecified atom stereocenters. The van der Waals surface area contributed by atoms with Crippen molar-refractivity contribution in [3.05, 3.63) is 23.8 Å². The van der Waals surface area contributed by atoms with E-state index in [-0.39, 0.29) is 18.9 Å². The van der Waals surface area contributed by atoms with Gasteiger partial charge in [0, 0.05) is 25.2 Å². The van der Waals surface area contributed by atoms with Crippen LogP contribution in [-0.2, 0) is 21.2 Å². The topological polar surface area (TPSA) is 92.5 Å². The van der Waals surface area contributed by atoms with Gasteiger partial charge in [0.2, 0.25) is 15.9 Å². The van der Waals surface area contributed by atoms with Crippen LogP contribution in [0.3, 0.4) is 0 Å². The van der Waals surface area contributed by atoms with Crippen molar-refractivity contribution in [1.82, 2.24) is 0 Å². The monoisotopic (exact) mass is 297 g/mol. The molecule has 7 heteroatoms. The number of aryl methyl sites for hydroxylation is 1. The minimum Gasteiger partial charge on any atom is -0.330 e. The lowest BCUT2D eigenvalue weighted by atomic mass is 10.0. The van der Waals surface area contributed by atoms with Gasteiger partial charge in [-0.3, -0.25) is 9.10 Å². The van der Waals surface area contributed by atoms with E-state index in [1.54, 1.807) is 12.1 Å². The highest BCUT2D eigenvalue weighted by Gasteiger charge is 2.24. The number of hydrogen-bond acceptors (Lipinski definition) is 4. The third-order valence-corrected chi connectivity index (χ3v) is 4.40. The molecule has 0 atom stereocenters. The predicted octanol–water partition coefficient (Wildman–Crippen LogP) is 0.686. The van der Waals surface area contributed by atoms with Gasteiger partial charge in [-0.2, -0.15) is 0 Å². The third kappa shape index (κ3) is 3.29. The van der Waals surface area contributed by atoms with Gasteiger partial charge in [0.1, 0.15) is 0 Å². The first-order valence-electron chi connectivity index (χ1n) is 6.52. The van der Waals surface area contributed by atoms with Crippen LogP contribution in [0.4, 0.5) is 11.4 Å². The van der Waals surface area contributed by atoms with Crippen LogP contribution in [0.25, 0.3) is 0 Å². The van der Waals surface area contributed by atoms with E-state index in [4.69, 9.17) is 5.73 Å². The number of fused-ring (bicyclic) bond motifs is 1. The zero-order chi connectivity index (χ0) is 14.8. The molecule has 6 nitrogen and oxygen atoms in total. The molecule has 1 aliphatic heterocycles. The average molecular weight is 297 g/mol. The number of nitrogens with one attached hydrogen (secondary N) is 1. The van der Waals surface area contributed by atoms with Gasteiger partial charge in [-0.25, -0.2) is 8.42 Å². The van der Waals surface area contributed by atoms with Gasteiger partial charge in [0.15, 0.2) is 0 Å². The van der Waals surface area contributed by atoms with Crippen LogP contribution in [0.1, 0.15) is 18.4 Å². The summed E-state index contributed by atoms with van der Waals surface area (Å²) in [5.74, 6) is -0.172. The van der Waals surface area contributed by atoms with Crippen molar-refractivity contribution in [2.75, 3.05) is 29.0 Å². The summed E-state index contributed by atoms with van der Waals surface area (Å²) in [5, 5.41) is 2.72. The van der Waals surface area contributed by atoms with Crippen LogP contribution in [-0.4, -0.2) is 33.7 Å². The number of hydrogen-bond donors (Lipinski definition) is 2. The maximum absolute atomic E-state index is 11.8. The van der Waals surface area contributed by atoms with E-state index >= 15 is 0 Å². The van der Waals surface area contributed by atoms with E-state index in [0.717, 1.165) is 18.4 Å². The number of carbonyl (C=O) groups excluding carboxylic acids is 1. The Bertz CT molecular complexity index is 613. The summed E-state index contributed by atoms with van der Waals surface area (Å²) in [5.41, 5.74) is 7.56. The van der Waals surface area contributed by atoms with E-state index in [2.05, 4.69) is 5.32 Å². The predicted molar refractivity (Wildman–Crippen MR) is 79.3 cm³/mol. The van der Waals surface area contributed by atoms with Crippen LogP contribution < -0.4 is 15.4 Å². The second-order valence-corrected chi connectivity index (χ2v) is 6.78. The number of anilines is 2. The molecule has 1 heterocycles. The van der Waals surface area contributed by atoms with Crippen LogP contribution in [0.15, 0.2) is 18.2 Å².